The predicted molar refractivity (Wildman–Crippen MR) is 44.5 cm³/mol. The molecule has 6 heteroatoms. The molecule has 78 valence electrons. The molecule has 2 N–H and O–H groups in total. The van der Waals surface area contributed by atoms with Crippen molar-refractivity contribution in [2.45, 2.75) is 19.2 Å². The summed E-state index contributed by atoms with van der Waals surface area (Å²) < 4.78 is 35.2. The quantitative estimate of drug-likeness (QED) is 0.751. The number of aliphatic hydroxyl groups is 1. The third-order valence-electron chi connectivity index (χ3n) is 1.31. The average Bonchev–Trinajstić information content (AvgIpc) is 2.02. The van der Waals surface area contributed by atoms with Crippen LogP contribution in [0.2, 0.25) is 0 Å². The molecule has 0 aliphatic heterocycles. The van der Waals surface area contributed by atoms with Gasteiger partial charge in [0.05, 0.1) is 0 Å². The lowest BCUT2D eigenvalue weighted by atomic mass is 10.3. The first-order valence-corrected chi connectivity index (χ1v) is 4.03. The van der Waals surface area contributed by atoms with E-state index in [1.54, 1.807) is 6.92 Å². The van der Waals surface area contributed by atoms with Crippen LogP contribution in [-0.2, 0) is 0 Å². The highest BCUT2D eigenvalue weighted by molar-refractivity contribution is 6.25. The van der Waals surface area contributed by atoms with Gasteiger partial charge in [0.1, 0.15) is 0 Å². The summed E-state index contributed by atoms with van der Waals surface area (Å²) >= 11 is 5.27. The molecule has 0 aromatic carbocycles. The fraction of sp³-hybridized carbons (Fsp3) is 0.714. The van der Waals surface area contributed by atoms with Crippen LogP contribution in [0.1, 0.15) is 6.92 Å². The highest BCUT2D eigenvalue weighted by Gasteiger charge is 2.37. The van der Waals surface area contributed by atoms with Gasteiger partial charge in [-0.15, -0.1) is 0 Å². The molecule has 0 aliphatic rings. The second-order valence-corrected chi connectivity index (χ2v) is 2.86. The average molecular weight is 218 g/mol. The zero-order valence-corrected chi connectivity index (χ0v) is 7.78. The molecule has 0 spiro atoms. The van der Waals surface area contributed by atoms with E-state index < -0.39 is 18.8 Å². The van der Waals surface area contributed by atoms with Crippen LogP contribution in [0.25, 0.3) is 0 Å². The maximum atomic E-state index is 11.7. The predicted octanol–water partition coefficient (Wildman–Crippen LogP) is 1.64. The van der Waals surface area contributed by atoms with Gasteiger partial charge in [0, 0.05) is 18.6 Å². The molecule has 0 fully saturated rings. The van der Waals surface area contributed by atoms with E-state index in [1.165, 1.54) is 5.54 Å². The fourth-order valence-electron chi connectivity index (χ4n) is 0.560. The molecule has 13 heavy (non-hydrogen) atoms. The Morgan fingerprint density at radius 3 is 2.54 bits per heavy atom. The highest BCUT2D eigenvalue weighted by Crippen LogP contribution is 2.19. The Balaban J connectivity index is 3.66. The number of aliphatic hydroxyl groups excluding tert-OH is 1. The summed E-state index contributed by atoms with van der Waals surface area (Å²) in [7, 11) is 0. The van der Waals surface area contributed by atoms with Crippen molar-refractivity contribution in [1.29, 1.82) is 0 Å². The standard InChI is InChI=1S/C7H11ClF3NO/c1-5(2-8)3-12-4-6(13)7(9,10)11/h2,6,12-13H,3-4H2,1H3. The van der Waals surface area contributed by atoms with Gasteiger partial charge in [0.2, 0.25) is 0 Å². The maximum absolute atomic E-state index is 11.7. The SMILES string of the molecule is CC(=CCl)CNCC(O)C(F)(F)F. The van der Waals surface area contributed by atoms with Crippen molar-refractivity contribution < 1.29 is 18.3 Å². The van der Waals surface area contributed by atoms with Crippen molar-refractivity contribution in [3.05, 3.63) is 11.1 Å². The molecule has 1 unspecified atom stereocenters. The molecule has 0 amide bonds. The van der Waals surface area contributed by atoms with Crippen LogP contribution in [0.3, 0.4) is 0 Å². The molecule has 0 heterocycles. The largest absolute Gasteiger partial charge is 0.415 e. The number of nitrogens with one attached hydrogen (secondary N) is 1. The first-order chi connectivity index (χ1) is 5.88. The van der Waals surface area contributed by atoms with Gasteiger partial charge in [-0.25, -0.2) is 0 Å². The van der Waals surface area contributed by atoms with Crippen LogP contribution >= 0.6 is 11.6 Å². The summed E-state index contributed by atoms with van der Waals surface area (Å²) in [6.07, 6.45) is -6.89. The monoisotopic (exact) mass is 217 g/mol. The van der Waals surface area contributed by atoms with Gasteiger partial charge in [-0.05, 0) is 12.5 Å². The van der Waals surface area contributed by atoms with Crippen LogP contribution in [0.5, 0.6) is 0 Å². The topological polar surface area (TPSA) is 32.3 Å². The molecule has 0 rings (SSSR count). The zero-order chi connectivity index (χ0) is 10.5. The minimum absolute atomic E-state index is 0.233. The van der Waals surface area contributed by atoms with Crippen LogP contribution in [0, 0.1) is 0 Å². The molecule has 0 saturated carbocycles. The van der Waals surface area contributed by atoms with Crippen molar-refractivity contribution in [3.63, 3.8) is 0 Å². The molecule has 0 aromatic heterocycles. The molecule has 2 nitrogen and oxygen atoms in total. The van der Waals surface area contributed by atoms with Crippen LogP contribution < -0.4 is 5.32 Å². The number of rotatable bonds is 4. The number of hydrogen-bond acceptors (Lipinski definition) is 2. The fourth-order valence-corrected chi connectivity index (χ4v) is 0.638. The molecule has 0 radical (unpaired) electrons. The molecule has 0 aliphatic carbocycles. The summed E-state index contributed by atoms with van der Waals surface area (Å²) in [5.74, 6) is 0. The van der Waals surface area contributed by atoms with Gasteiger partial charge >= 0.3 is 6.18 Å². The molecular formula is C7H11ClF3NO. The third-order valence-corrected chi connectivity index (χ3v) is 1.68. The van der Waals surface area contributed by atoms with Crippen LogP contribution in [0.15, 0.2) is 11.1 Å². The summed E-state index contributed by atoms with van der Waals surface area (Å²) in [6.45, 7) is 1.38. The number of alkyl halides is 3. The van der Waals surface area contributed by atoms with E-state index in [0.29, 0.717) is 5.57 Å². The molecule has 1 atom stereocenters. The highest BCUT2D eigenvalue weighted by atomic mass is 35.5. The lowest BCUT2D eigenvalue weighted by Gasteiger charge is -2.14. The Hall–Kier alpha value is -0.260. The Morgan fingerprint density at radius 1 is 1.62 bits per heavy atom. The normalized spacial score (nSPS) is 16.0. The molecular weight excluding hydrogens is 207 g/mol. The Labute approximate surface area is 79.4 Å². The second-order valence-electron chi connectivity index (χ2n) is 2.64. The van der Waals surface area contributed by atoms with Crippen LogP contribution in [-0.4, -0.2) is 30.5 Å². The van der Waals surface area contributed by atoms with Crippen LogP contribution in [0.4, 0.5) is 13.2 Å². The van der Waals surface area contributed by atoms with Crippen molar-refractivity contribution in [1.82, 2.24) is 5.32 Å². The molecule has 0 saturated heterocycles. The lowest BCUT2D eigenvalue weighted by molar-refractivity contribution is -0.201. The summed E-state index contributed by atoms with van der Waals surface area (Å²) in [4.78, 5) is 0. The van der Waals surface area contributed by atoms with Gasteiger partial charge < -0.3 is 10.4 Å². The molecule has 0 aromatic rings. The van der Waals surface area contributed by atoms with E-state index in [2.05, 4.69) is 5.32 Å². The lowest BCUT2D eigenvalue weighted by Crippen LogP contribution is -2.38. The van der Waals surface area contributed by atoms with E-state index in [9.17, 15) is 13.2 Å². The van der Waals surface area contributed by atoms with Gasteiger partial charge in [0.25, 0.3) is 0 Å². The van der Waals surface area contributed by atoms with Gasteiger partial charge in [-0.1, -0.05) is 11.6 Å². The summed E-state index contributed by atoms with van der Waals surface area (Å²) in [5, 5.41) is 11.0. The van der Waals surface area contributed by atoms with Gasteiger partial charge in [-0.3, -0.25) is 0 Å². The second kappa shape index (κ2) is 5.47. The minimum atomic E-state index is -4.56. The van der Waals surface area contributed by atoms with Gasteiger partial charge in [-0.2, -0.15) is 13.2 Å². The van der Waals surface area contributed by atoms with E-state index in [0.717, 1.165) is 0 Å². The van der Waals surface area contributed by atoms with E-state index >= 15 is 0 Å². The van der Waals surface area contributed by atoms with Crippen molar-refractivity contribution in [2.24, 2.45) is 0 Å². The van der Waals surface area contributed by atoms with E-state index in [1.807, 2.05) is 0 Å². The maximum Gasteiger partial charge on any atom is 0.415 e. The first kappa shape index (κ1) is 12.7. The Kier molecular flexibility index (Phi) is 5.36. The van der Waals surface area contributed by atoms with E-state index in [4.69, 9.17) is 16.7 Å². The Morgan fingerprint density at radius 2 is 2.15 bits per heavy atom. The number of halogens is 4. The minimum Gasteiger partial charge on any atom is -0.382 e. The van der Waals surface area contributed by atoms with Crippen molar-refractivity contribution in [3.8, 4) is 0 Å². The first-order valence-electron chi connectivity index (χ1n) is 3.59. The smallest absolute Gasteiger partial charge is 0.382 e. The molecule has 0 bridgehead atoms. The van der Waals surface area contributed by atoms with Crippen molar-refractivity contribution in [2.75, 3.05) is 13.1 Å². The van der Waals surface area contributed by atoms with E-state index in [-0.39, 0.29) is 6.54 Å². The van der Waals surface area contributed by atoms with Gasteiger partial charge in [0.15, 0.2) is 6.10 Å². The number of hydrogen-bond donors (Lipinski definition) is 2. The van der Waals surface area contributed by atoms with Crippen molar-refractivity contribution >= 4 is 11.6 Å². The summed E-state index contributed by atoms with van der Waals surface area (Å²) in [5.41, 5.74) is 1.98. The zero-order valence-electron chi connectivity index (χ0n) is 7.03. The third kappa shape index (κ3) is 5.90. The Bertz CT molecular complexity index is 181. The summed E-state index contributed by atoms with van der Waals surface area (Å²) in [6, 6.07) is 0.